The van der Waals surface area contributed by atoms with Gasteiger partial charge in [0, 0.05) is 43.5 Å². The molecule has 29 heavy (non-hydrogen) atoms. The van der Waals surface area contributed by atoms with Gasteiger partial charge in [0.2, 0.25) is 0 Å². The number of hydrogen-bond donors (Lipinski definition) is 1. The first kappa shape index (κ1) is 23.6. The Balaban J connectivity index is 0.00000300. The summed E-state index contributed by atoms with van der Waals surface area (Å²) < 4.78 is 4.94. The molecule has 8 heteroatoms. The van der Waals surface area contributed by atoms with Crippen LogP contribution in [0.2, 0.25) is 0 Å². The zero-order valence-electron chi connectivity index (χ0n) is 17.1. The van der Waals surface area contributed by atoms with E-state index >= 15 is 0 Å². The van der Waals surface area contributed by atoms with Gasteiger partial charge in [-0.3, -0.25) is 9.79 Å². The highest BCUT2D eigenvalue weighted by molar-refractivity contribution is 14.0. The summed E-state index contributed by atoms with van der Waals surface area (Å²) in [6.07, 6.45) is 0.794. The number of likely N-dealkylation sites (tertiary alicyclic amines) is 1. The number of carbonyl (C=O) groups excluding carboxylic acids is 1. The number of benzene rings is 1. The summed E-state index contributed by atoms with van der Waals surface area (Å²) in [7, 11) is 1.45. The molecular weight excluding hydrogens is 499 g/mol. The maximum Gasteiger partial charge on any atom is 0.310 e. The minimum Gasteiger partial charge on any atom is -0.469 e. The summed E-state index contributed by atoms with van der Waals surface area (Å²) >= 11 is 1.67. The molecule has 1 aliphatic heterocycles. The number of rotatable bonds is 6. The van der Waals surface area contributed by atoms with E-state index in [2.05, 4.69) is 41.6 Å². The molecule has 0 bridgehead atoms. The van der Waals surface area contributed by atoms with Crippen LogP contribution in [0.3, 0.4) is 0 Å². The fourth-order valence-electron chi connectivity index (χ4n) is 3.44. The fraction of sp³-hybridized carbons (Fsp3) is 0.476. The van der Waals surface area contributed by atoms with Crippen LogP contribution in [0.1, 0.15) is 19.5 Å². The van der Waals surface area contributed by atoms with Crippen LogP contribution in [0.4, 0.5) is 0 Å². The number of halogens is 1. The number of nitrogens with one attached hydrogen (secondary N) is 1. The van der Waals surface area contributed by atoms with Crippen molar-refractivity contribution < 1.29 is 9.53 Å². The van der Waals surface area contributed by atoms with Crippen LogP contribution in [0.15, 0.2) is 40.7 Å². The first-order valence-corrected chi connectivity index (χ1v) is 10.6. The highest BCUT2D eigenvalue weighted by atomic mass is 127. The molecule has 0 saturated carbocycles. The van der Waals surface area contributed by atoms with Gasteiger partial charge in [0.15, 0.2) is 5.96 Å². The number of hydrogen-bond acceptors (Lipinski definition) is 5. The van der Waals surface area contributed by atoms with Crippen molar-refractivity contribution in [1.82, 2.24) is 15.2 Å². The molecule has 1 aromatic heterocycles. The van der Waals surface area contributed by atoms with Crippen molar-refractivity contribution >= 4 is 47.2 Å². The fourth-order valence-corrected chi connectivity index (χ4v) is 4.30. The first-order chi connectivity index (χ1) is 13.6. The third-order valence-corrected chi connectivity index (χ3v) is 5.89. The van der Waals surface area contributed by atoms with E-state index in [-0.39, 0.29) is 41.8 Å². The van der Waals surface area contributed by atoms with Crippen LogP contribution >= 0.6 is 35.3 Å². The van der Waals surface area contributed by atoms with Gasteiger partial charge in [-0.25, -0.2) is 4.98 Å². The lowest BCUT2D eigenvalue weighted by atomic mass is 9.99. The molecular formula is C21H29IN4O2S. The Morgan fingerprint density at radius 2 is 2.10 bits per heavy atom. The molecule has 0 spiro atoms. The van der Waals surface area contributed by atoms with E-state index < -0.39 is 0 Å². The molecule has 1 saturated heterocycles. The van der Waals surface area contributed by atoms with Gasteiger partial charge < -0.3 is 15.0 Å². The Kier molecular flexibility index (Phi) is 9.35. The second-order valence-electron chi connectivity index (χ2n) is 7.01. The molecule has 1 aromatic carbocycles. The van der Waals surface area contributed by atoms with E-state index in [1.807, 2.05) is 18.2 Å². The maximum absolute atomic E-state index is 12.0. The third kappa shape index (κ3) is 6.15. The SMILES string of the molecule is CCNC(=NCCc1csc(-c2ccccc2)n1)N1CC(C)C(C(=O)OC)C1.I. The molecule has 2 aromatic rings. The summed E-state index contributed by atoms with van der Waals surface area (Å²) in [5, 5.41) is 6.50. The van der Waals surface area contributed by atoms with E-state index in [4.69, 9.17) is 14.7 Å². The molecule has 1 fully saturated rings. The Bertz CT molecular complexity index is 812. The van der Waals surface area contributed by atoms with Gasteiger partial charge in [0.25, 0.3) is 0 Å². The number of carbonyl (C=O) groups is 1. The third-order valence-electron chi connectivity index (χ3n) is 4.95. The molecule has 2 heterocycles. The first-order valence-electron chi connectivity index (χ1n) is 9.73. The monoisotopic (exact) mass is 528 g/mol. The largest absolute Gasteiger partial charge is 0.469 e. The van der Waals surface area contributed by atoms with Gasteiger partial charge >= 0.3 is 5.97 Å². The molecule has 0 radical (unpaired) electrons. The lowest BCUT2D eigenvalue weighted by molar-refractivity contribution is -0.145. The van der Waals surface area contributed by atoms with Gasteiger partial charge in [-0.05, 0) is 12.8 Å². The zero-order valence-corrected chi connectivity index (χ0v) is 20.3. The Morgan fingerprint density at radius 1 is 1.34 bits per heavy atom. The van der Waals surface area contributed by atoms with Crippen LogP contribution in [0, 0.1) is 11.8 Å². The average molecular weight is 528 g/mol. The van der Waals surface area contributed by atoms with E-state index in [0.29, 0.717) is 13.1 Å². The topological polar surface area (TPSA) is 66.8 Å². The molecule has 2 unspecified atom stereocenters. The van der Waals surface area contributed by atoms with Crippen LogP contribution in [-0.2, 0) is 16.0 Å². The van der Waals surface area contributed by atoms with Crippen molar-refractivity contribution in [3.8, 4) is 10.6 Å². The van der Waals surface area contributed by atoms with E-state index in [9.17, 15) is 4.79 Å². The smallest absolute Gasteiger partial charge is 0.310 e. The normalized spacial score (nSPS) is 19.0. The number of ether oxygens (including phenoxy) is 1. The number of thiazole rings is 1. The second kappa shape index (κ2) is 11.5. The van der Waals surface area contributed by atoms with Crippen molar-refractivity contribution in [3.05, 3.63) is 41.4 Å². The predicted octanol–water partition coefficient (Wildman–Crippen LogP) is 3.68. The summed E-state index contributed by atoms with van der Waals surface area (Å²) in [6.45, 7) is 7.05. The lowest BCUT2D eigenvalue weighted by Gasteiger charge is -2.21. The minimum absolute atomic E-state index is 0. The zero-order chi connectivity index (χ0) is 19.9. The number of guanidine groups is 1. The molecule has 0 amide bonds. The van der Waals surface area contributed by atoms with Crippen molar-refractivity contribution in [2.45, 2.75) is 20.3 Å². The Labute approximate surface area is 193 Å². The van der Waals surface area contributed by atoms with Crippen LogP contribution < -0.4 is 5.32 Å². The maximum atomic E-state index is 12.0. The minimum atomic E-state index is -0.137. The number of nitrogens with zero attached hydrogens (tertiary/aromatic N) is 3. The number of aromatic nitrogens is 1. The lowest BCUT2D eigenvalue weighted by Crippen LogP contribution is -2.40. The predicted molar refractivity (Wildman–Crippen MR) is 129 cm³/mol. The Hall–Kier alpha value is -1.68. The van der Waals surface area contributed by atoms with Gasteiger partial charge in [-0.2, -0.15) is 0 Å². The van der Waals surface area contributed by atoms with Crippen molar-refractivity contribution in [1.29, 1.82) is 0 Å². The molecule has 3 rings (SSSR count). The Morgan fingerprint density at radius 3 is 2.79 bits per heavy atom. The highest BCUT2D eigenvalue weighted by Gasteiger charge is 2.36. The molecule has 0 aliphatic carbocycles. The summed E-state index contributed by atoms with van der Waals surface area (Å²) in [5.74, 6) is 0.880. The standard InChI is InChI=1S/C21H28N4O2S.HI/c1-4-22-21(25-12-15(2)18(13-25)20(26)27-3)23-11-10-17-14-28-19(24-17)16-8-6-5-7-9-16;/h5-9,14-15,18H,4,10-13H2,1-3H3,(H,22,23);1H. The molecule has 1 aliphatic rings. The number of methoxy groups -OCH3 is 1. The van der Waals surface area contributed by atoms with E-state index in [1.54, 1.807) is 11.3 Å². The number of esters is 1. The number of aliphatic imine (C=N–C) groups is 1. The van der Waals surface area contributed by atoms with Crippen molar-refractivity contribution in [2.75, 3.05) is 33.3 Å². The summed E-state index contributed by atoms with van der Waals surface area (Å²) in [4.78, 5) is 23.6. The average Bonchev–Trinajstić information content (AvgIpc) is 3.34. The van der Waals surface area contributed by atoms with Gasteiger partial charge in [0.1, 0.15) is 5.01 Å². The van der Waals surface area contributed by atoms with E-state index in [1.165, 1.54) is 7.11 Å². The van der Waals surface area contributed by atoms with Gasteiger partial charge in [0.05, 0.1) is 18.7 Å². The van der Waals surface area contributed by atoms with Gasteiger partial charge in [-0.1, -0.05) is 37.3 Å². The van der Waals surface area contributed by atoms with Crippen molar-refractivity contribution in [3.63, 3.8) is 0 Å². The van der Waals surface area contributed by atoms with Gasteiger partial charge in [-0.15, -0.1) is 35.3 Å². The quantitative estimate of drug-likeness (QED) is 0.268. The summed E-state index contributed by atoms with van der Waals surface area (Å²) in [5.41, 5.74) is 2.21. The van der Waals surface area contributed by atoms with Crippen LogP contribution in [0.5, 0.6) is 0 Å². The summed E-state index contributed by atoms with van der Waals surface area (Å²) in [6, 6.07) is 10.2. The molecule has 158 valence electrons. The van der Waals surface area contributed by atoms with Crippen LogP contribution in [-0.4, -0.2) is 55.1 Å². The molecule has 2 atom stereocenters. The second-order valence-corrected chi connectivity index (χ2v) is 7.87. The molecule has 1 N–H and O–H groups in total. The van der Waals surface area contributed by atoms with Crippen LogP contribution in [0.25, 0.3) is 10.6 Å². The highest BCUT2D eigenvalue weighted by Crippen LogP contribution is 2.25. The van der Waals surface area contributed by atoms with Crippen molar-refractivity contribution in [2.24, 2.45) is 16.8 Å². The molecule has 6 nitrogen and oxygen atoms in total. The van der Waals surface area contributed by atoms with E-state index in [0.717, 1.165) is 41.7 Å².